The third-order valence-electron chi connectivity index (χ3n) is 12.7. The minimum atomic E-state index is -4.92. The summed E-state index contributed by atoms with van der Waals surface area (Å²) in [5.41, 5.74) is 0.550. The molecule has 9 rings (SSSR count). The second kappa shape index (κ2) is 15.0. The minimum absolute atomic E-state index is 0.443. The molecule has 332 valence electrons. The van der Waals surface area contributed by atoms with Crippen LogP contribution in [-0.4, -0.2) is 67.1 Å². The maximum absolute atomic E-state index is 9.57. The molecule has 64 heavy (non-hydrogen) atoms. The molecule has 0 amide bonds. The van der Waals surface area contributed by atoms with Crippen LogP contribution in [0.3, 0.4) is 0 Å². The molecule has 0 saturated carbocycles. The zero-order chi connectivity index (χ0) is 45.6. The van der Waals surface area contributed by atoms with Gasteiger partial charge in [-0.1, -0.05) is 0 Å². The van der Waals surface area contributed by atoms with E-state index in [4.69, 9.17) is 0 Å². The monoisotopic (exact) mass is 920 g/mol. The molecule has 1 fully saturated rings. The van der Waals surface area contributed by atoms with E-state index in [-0.39, 0.29) is 0 Å². The fourth-order valence-corrected chi connectivity index (χ4v) is 57.7. The van der Waals surface area contributed by atoms with Gasteiger partial charge in [0.25, 0.3) is 0 Å². The van der Waals surface area contributed by atoms with Gasteiger partial charge in [-0.2, -0.15) is 0 Å². The SMILES string of the molecule is CC(C)(C)N1C(c2ccccc2)=[N+](C(C)(C)C)[Si-]12(P(c1ccccc1)c1ccccc1)O[Si-]1(P(c3ccccc3)c3ccccc3)(O2)N(C(C)(C)C)C(c2ccccc2)=[N+]1C(C)(C)C. The van der Waals surface area contributed by atoms with Crippen molar-refractivity contribution in [1.82, 2.24) is 9.13 Å². The Morgan fingerprint density at radius 2 is 0.562 bits per heavy atom. The van der Waals surface area contributed by atoms with Crippen LogP contribution in [0.5, 0.6) is 0 Å². The van der Waals surface area contributed by atoms with Gasteiger partial charge in [-0.05, 0) is 0 Å². The van der Waals surface area contributed by atoms with Gasteiger partial charge in [-0.25, -0.2) is 0 Å². The van der Waals surface area contributed by atoms with Gasteiger partial charge in [-0.15, -0.1) is 0 Å². The molecule has 3 aliphatic rings. The molecule has 0 radical (unpaired) electrons. The predicted octanol–water partition coefficient (Wildman–Crippen LogP) is 10.8. The van der Waals surface area contributed by atoms with Gasteiger partial charge in [0.2, 0.25) is 0 Å². The van der Waals surface area contributed by atoms with Crippen molar-refractivity contribution in [2.45, 2.75) is 105 Å². The Morgan fingerprint density at radius 1 is 0.344 bits per heavy atom. The summed E-state index contributed by atoms with van der Waals surface area (Å²) in [4.78, 5) is 0. The molecule has 3 aliphatic heterocycles. The maximum atomic E-state index is 9.57. The molecule has 0 N–H and O–H groups in total. The zero-order valence-electron chi connectivity index (χ0n) is 39.8. The third kappa shape index (κ3) is 6.23. The normalized spacial score (nSPS) is 20.2. The van der Waals surface area contributed by atoms with Gasteiger partial charge in [0.05, 0.1) is 0 Å². The Morgan fingerprint density at radius 3 is 0.766 bits per heavy atom. The molecule has 0 unspecified atom stereocenters. The van der Waals surface area contributed by atoms with E-state index in [9.17, 15) is 8.23 Å². The van der Waals surface area contributed by atoms with Crippen LogP contribution in [0.25, 0.3) is 0 Å². The van der Waals surface area contributed by atoms with Crippen molar-refractivity contribution in [2.75, 3.05) is 0 Å². The van der Waals surface area contributed by atoms with Crippen molar-refractivity contribution in [3.63, 3.8) is 0 Å². The van der Waals surface area contributed by atoms with Crippen molar-refractivity contribution in [3.8, 4) is 0 Å². The van der Waals surface area contributed by atoms with E-state index in [1.165, 1.54) is 21.2 Å². The number of hydrogen-bond acceptors (Lipinski definition) is 4. The summed E-state index contributed by atoms with van der Waals surface area (Å²) in [6.45, 7) is 28.4. The average molecular weight is 921 g/mol. The first-order chi connectivity index (χ1) is 30.2. The molecule has 6 nitrogen and oxygen atoms in total. The Hall–Kier alpha value is -4.53. The number of nitrogens with zero attached hydrogens (tertiary/aromatic N) is 4. The van der Waals surface area contributed by atoms with Crippen molar-refractivity contribution in [2.24, 2.45) is 0 Å². The first-order valence-corrected chi connectivity index (χ1v) is 31.6. The van der Waals surface area contributed by atoms with Crippen LogP contribution < -0.4 is 21.2 Å². The first-order valence-electron chi connectivity index (χ1n) is 22.8. The Labute approximate surface area is 385 Å². The summed E-state index contributed by atoms with van der Waals surface area (Å²) in [6, 6.07) is 66.9. The Balaban J connectivity index is 1.56. The summed E-state index contributed by atoms with van der Waals surface area (Å²) in [5.74, 6) is 2.32. The van der Waals surface area contributed by atoms with Gasteiger partial charge in [-0.3, -0.25) is 0 Å². The first kappa shape index (κ1) is 44.7. The van der Waals surface area contributed by atoms with Crippen molar-refractivity contribution < 1.29 is 16.7 Å². The summed E-state index contributed by atoms with van der Waals surface area (Å²) in [6.07, 6.45) is 0. The van der Waals surface area contributed by atoms with Crippen LogP contribution in [-0.2, 0) is 8.23 Å². The van der Waals surface area contributed by atoms with Crippen LogP contribution >= 0.6 is 14.9 Å². The molecule has 6 aromatic carbocycles. The molecular weight excluding hydrogens is 855 g/mol. The van der Waals surface area contributed by atoms with Gasteiger partial charge >= 0.3 is 388 Å². The Kier molecular flexibility index (Phi) is 10.5. The third-order valence-corrected chi connectivity index (χ3v) is 43.1. The van der Waals surface area contributed by atoms with Gasteiger partial charge in [0, 0.05) is 0 Å². The van der Waals surface area contributed by atoms with Crippen LogP contribution in [0.2, 0.25) is 0 Å². The van der Waals surface area contributed by atoms with E-state index >= 15 is 0 Å². The average Bonchev–Trinajstić information content (AvgIpc) is 3.21. The van der Waals surface area contributed by atoms with Gasteiger partial charge in [0.1, 0.15) is 0 Å². The molecule has 0 aromatic heterocycles. The van der Waals surface area contributed by atoms with E-state index in [1.807, 2.05) is 0 Å². The quantitative estimate of drug-likeness (QED) is 0.112. The molecule has 0 aliphatic carbocycles. The molecule has 3 heterocycles. The number of rotatable bonds is 8. The fraction of sp³-hybridized carbons (Fsp3) is 0.296. The van der Waals surface area contributed by atoms with Crippen LogP contribution in [0.15, 0.2) is 182 Å². The van der Waals surface area contributed by atoms with E-state index < -0.39 is 52.8 Å². The van der Waals surface area contributed by atoms with Crippen LogP contribution in [0.1, 0.15) is 94.2 Å². The second-order valence-electron chi connectivity index (χ2n) is 21.5. The van der Waals surface area contributed by atoms with Crippen molar-refractivity contribution in [3.05, 3.63) is 193 Å². The summed E-state index contributed by atoms with van der Waals surface area (Å²) >= 11 is 0. The van der Waals surface area contributed by atoms with Crippen molar-refractivity contribution >= 4 is 63.5 Å². The van der Waals surface area contributed by atoms with Crippen molar-refractivity contribution in [1.29, 1.82) is 0 Å². The second-order valence-corrected chi connectivity index (χ2v) is 39.3. The predicted molar refractivity (Wildman–Crippen MR) is 276 cm³/mol. The molecular formula is C54H66N4O2P2Si2. The molecule has 1 saturated heterocycles. The van der Waals surface area contributed by atoms with E-state index in [0.29, 0.717) is 0 Å². The standard InChI is InChI=1S/C54H66N4O2P2Si2/c1-51(2,3)55-49(43-31-19-13-20-32-43)56(52(4,5)6)63(55,61(45-35-23-15-24-36-45)46-37-25-16-26-38-46)59-64(60-63,62(47-39-27-17-28-40-47)48-41-29-18-30-42-48)57(53(7,8)9)50(58(64)54(10,11)12)44-33-21-14-22-34-44/h13-42H,1-12H3. The fourth-order valence-electron chi connectivity index (χ4n) is 11.4. The van der Waals surface area contributed by atoms with Gasteiger partial charge in [0.15, 0.2) is 0 Å². The van der Waals surface area contributed by atoms with E-state index in [2.05, 4.69) is 283 Å². The number of amidine groups is 2. The summed E-state index contributed by atoms with van der Waals surface area (Å²) < 4.78 is 30.1. The van der Waals surface area contributed by atoms with E-state index in [1.54, 1.807) is 0 Å². The topological polar surface area (TPSA) is 31.0 Å². The number of benzene rings is 6. The summed E-state index contributed by atoms with van der Waals surface area (Å²) in [5, 5.41) is 4.98. The zero-order valence-corrected chi connectivity index (χ0v) is 43.6. The van der Waals surface area contributed by atoms with E-state index in [0.717, 1.165) is 22.8 Å². The number of hydrogen-bond donors (Lipinski definition) is 0. The molecule has 2 spiro atoms. The molecule has 10 heteroatoms. The Bertz CT molecular complexity index is 2470. The molecule has 0 bridgehead atoms. The molecule has 0 atom stereocenters. The van der Waals surface area contributed by atoms with Gasteiger partial charge < -0.3 is 0 Å². The summed E-state index contributed by atoms with van der Waals surface area (Å²) in [7, 11) is -12.7. The van der Waals surface area contributed by atoms with Crippen LogP contribution in [0.4, 0.5) is 0 Å². The van der Waals surface area contributed by atoms with Crippen LogP contribution in [0, 0.1) is 0 Å². The molecule has 6 aromatic rings.